The van der Waals surface area contributed by atoms with E-state index < -0.39 is 5.82 Å². The van der Waals surface area contributed by atoms with Gasteiger partial charge in [0.2, 0.25) is 0 Å². The van der Waals surface area contributed by atoms with Crippen molar-refractivity contribution in [2.45, 2.75) is 65.0 Å². The first-order chi connectivity index (χ1) is 17.8. The Kier molecular flexibility index (Phi) is 7.63. The summed E-state index contributed by atoms with van der Waals surface area (Å²) in [6, 6.07) is 5.15. The number of halogens is 1. The number of nitrogens with one attached hydrogen (secondary N) is 1. The normalized spacial score (nSPS) is 20.7. The summed E-state index contributed by atoms with van der Waals surface area (Å²) in [5.74, 6) is 0.00150. The lowest BCUT2D eigenvalue weighted by molar-refractivity contribution is 0.0754. The summed E-state index contributed by atoms with van der Waals surface area (Å²) in [6.07, 6.45) is 12.0. The van der Waals surface area contributed by atoms with E-state index in [4.69, 9.17) is 0 Å². The molecule has 7 heteroatoms. The van der Waals surface area contributed by atoms with E-state index in [9.17, 15) is 9.18 Å². The lowest BCUT2D eigenvalue weighted by Crippen LogP contribution is -2.43. The van der Waals surface area contributed by atoms with E-state index in [1.165, 1.54) is 48.8 Å². The highest BCUT2D eigenvalue weighted by atomic mass is 19.1. The molecule has 6 nitrogen and oxygen atoms in total. The number of amides is 1. The summed E-state index contributed by atoms with van der Waals surface area (Å²) in [7, 11) is 1.77. The molecule has 4 heterocycles. The lowest BCUT2D eigenvalue weighted by atomic mass is 9.97. The fraction of sp³-hybridized carbons (Fsp3) is 0.533. The number of carbonyl (C=O) groups excluding carboxylic acids is 1. The Labute approximate surface area is 219 Å². The number of rotatable bonds is 7. The highest BCUT2D eigenvalue weighted by molar-refractivity contribution is 5.99. The van der Waals surface area contributed by atoms with Gasteiger partial charge in [-0.05, 0) is 94.8 Å². The molecule has 1 amide bonds. The van der Waals surface area contributed by atoms with Crippen LogP contribution in [-0.2, 0) is 6.42 Å². The van der Waals surface area contributed by atoms with Crippen LogP contribution in [0.3, 0.4) is 0 Å². The predicted octanol–water partition coefficient (Wildman–Crippen LogP) is 4.96. The molecule has 5 rings (SSSR count). The van der Waals surface area contributed by atoms with Crippen molar-refractivity contribution in [1.29, 1.82) is 0 Å². The topological polar surface area (TPSA) is 53.4 Å². The number of fused-ring (bicyclic) bond motifs is 1. The summed E-state index contributed by atoms with van der Waals surface area (Å²) >= 11 is 0. The Morgan fingerprint density at radius 1 is 1.24 bits per heavy atom. The number of piperidine rings is 1. The van der Waals surface area contributed by atoms with Crippen LogP contribution in [0.25, 0.3) is 16.6 Å². The standard InChI is InChI=1S/C30H40FN5O/c1-20(2)34(4)30(37)26-14-24(31)8-9-27(26)36-18-23(29-21(3)15-32-16-28(29)36)13-22-10-12-35(17-22)19-25-7-5-6-11-33-25/h8-9,14-16,18,20,22,25,33H,5-7,10-13,17,19H2,1-4H3. The van der Waals surface area contributed by atoms with Crippen LogP contribution in [0, 0.1) is 18.7 Å². The highest BCUT2D eigenvalue weighted by Gasteiger charge is 2.28. The van der Waals surface area contributed by atoms with Crippen molar-refractivity contribution in [2.75, 3.05) is 33.2 Å². The molecule has 0 bridgehead atoms. The SMILES string of the molecule is Cc1cncc2c1c(CC1CCN(CC3CCCCN3)C1)cn2-c1ccc(F)cc1C(=O)N(C)C(C)C. The summed E-state index contributed by atoms with van der Waals surface area (Å²) in [4.78, 5) is 22.1. The van der Waals surface area contributed by atoms with E-state index in [0.717, 1.165) is 43.7 Å². The minimum absolute atomic E-state index is 0.0126. The molecule has 0 saturated carbocycles. The third-order valence-corrected chi connectivity index (χ3v) is 8.29. The number of likely N-dealkylation sites (tertiary alicyclic amines) is 1. The molecule has 0 spiro atoms. The zero-order chi connectivity index (χ0) is 26.1. The van der Waals surface area contributed by atoms with Crippen molar-refractivity contribution in [3.63, 3.8) is 0 Å². The maximum Gasteiger partial charge on any atom is 0.256 e. The van der Waals surface area contributed by atoms with Crippen molar-refractivity contribution in [1.82, 2.24) is 24.7 Å². The number of nitrogens with zero attached hydrogens (tertiary/aromatic N) is 4. The first-order valence-electron chi connectivity index (χ1n) is 13.8. The number of hydrogen-bond acceptors (Lipinski definition) is 4. The zero-order valence-electron chi connectivity index (χ0n) is 22.6. The van der Waals surface area contributed by atoms with Gasteiger partial charge in [-0.3, -0.25) is 9.78 Å². The molecule has 2 aliphatic rings. The van der Waals surface area contributed by atoms with Gasteiger partial charge in [0.15, 0.2) is 0 Å². The van der Waals surface area contributed by atoms with E-state index in [1.54, 1.807) is 18.0 Å². The average Bonchev–Trinajstić information content (AvgIpc) is 3.48. The van der Waals surface area contributed by atoms with Crippen molar-refractivity contribution < 1.29 is 9.18 Å². The molecule has 2 saturated heterocycles. The minimum atomic E-state index is -0.409. The van der Waals surface area contributed by atoms with Gasteiger partial charge < -0.3 is 19.7 Å². The summed E-state index contributed by atoms with van der Waals surface area (Å²) in [6.45, 7) is 10.6. The van der Waals surface area contributed by atoms with Gasteiger partial charge in [-0.25, -0.2) is 4.39 Å². The van der Waals surface area contributed by atoms with Gasteiger partial charge in [-0.2, -0.15) is 0 Å². The second-order valence-corrected chi connectivity index (χ2v) is 11.3. The molecular weight excluding hydrogens is 465 g/mol. The molecule has 1 N–H and O–H groups in total. The van der Waals surface area contributed by atoms with Crippen LogP contribution in [-0.4, -0.2) is 70.6 Å². The first-order valence-corrected chi connectivity index (χ1v) is 13.8. The molecule has 37 heavy (non-hydrogen) atoms. The van der Waals surface area contributed by atoms with Gasteiger partial charge >= 0.3 is 0 Å². The third-order valence-electron chi connectivity index (χ3n) is 8.29. The van der Waals surface area contributed by atoms with Crippen LogP contribution in [0.15, 0.2) is 36.8 Å². The van der Waals surface area contributed by atoms with Crippen molar-refractivity contribution >= 4 is 16.8 Å². The van der Waals surface area contributed by atoms with Crippen molar-refractivity contribution in [3.8, 4) is 5.69 Å². The minimum Gasteiger partial charge on any atom is -0.339 e. The summed E-state index contributed by atoms with van der Waals surface area (Å²) in [5.41, 5.74) is 4.43. The third kappa shape index (κ3) is 5.43. The first kappa shape index (κ1) is 25.9. The number of aryl methyl sites for hydroxylation is 1. The van der Waals surface area contributed by atoms with Gasteiger partial charge in [0.1, 0.15) is 5.82 Å². The van der Waals surface area contributed by atoms with Crippen LogP contribution in [0.1, 0.15) is 61.0 Å². The Morgan fingerprint density at radius 3 is 2.84 bits per heavy atom. The molecule has 1 aromatic carbocycles. The molecule has 0 radical (unpaired) electrons. The molecule has 2 unspecified atom stereocenters. The van der Waals surface area contributed by atoms with Crippen LogP contribution < -0.4 is 5.32 Å². The van der Waals surface area contributed by atoms with E-state index in [-0.39, 0.29) is 11.9 Å². The van der Waals surface area contributed by atoms with Crippen LogP contribution >= 0.6 is 0 Å². The summed E-state index contributed by atoms with van der Waals surface area (Å²) in [5, 5.41) is 4.88. The summed E-state index contributed by atoms with van der Waals surface area (Å²) < 4.78 is 16.4. The van der Waals surface area contributed by atoms with Gasteiger partial charge in [-0.1, -0.05) is 6.42 Å². The maximum absolute atomic E-state index is 14.3. The van der Waals surface area contributed by atoms with E-state index in [0.29, 0.717) is 23.2 Å². The Morgan fingerprint density at radius 2 is 2.08 bits per heavy atom. The molecule has 2 aromatic heterocycles. The largest absolute Gasteiger partial charge is 0.339 e. The monoisotopic (exact) mass is 505 g/mol. The van der Waals surface area contributed by atoms with Gasteiger partial charge in [0, 0.05) is 50.0 Å². The molecular formula is C30H40FN5O. The number of carbonyl (C=O) groups is 1. The zero-order valence-corrected chi connectivity index (χ0v) is 22.6. The average molecular weight is 506 g/mol. The van der Waals surface area contributed by atoms with Gasteiger partial charge in [-0.15, -0.1) is 0 Å². The van der Waals surface area contributed by atoms with E-state index in [1.807, 2.05) is 30.8 Å². The fourth-order valence-electron chi connectivity index (χ4n) is 6.06. The molecule has 198 valence electrons. The maximum atomic E-state index is 14.3. The highest BCUT2D eigenvalue weighted by Crippen LogP contribution is 2.32. The number of benzene rings is 1. The van der Waals surface area contributed by atoms with Crippen molar-refractivity contribution in [3.05, 3.63) is 59.3 Å². The molecule has 2 aliphatic heterocycles. The fourth-order valence-corrected chi connectivity index (χ4v) is 6.06. The van der Waals surface area contributed by atoms with Crippen molar-refractivity contribution in [2.24, 2.45) is 5.92 Å². The lowest BCUT2D eigenvalue weighted by Gasteiger charge is -2.28. The second-order valence-electron chi connectivity index (χ2n) is 11.3. The van der Waals surface area contributed by atoms with Crippen LogP contribution in [0.4, 0.5) is 4.39 Å². The number of hydrogen-bond donors (Lipinski definition) is 1. The van der Waals surface area contributed by atoms with Crippen LogP contribution in [0.5, 0.6) is 0 Å². The van der Waals surface area contributed by atoms with E-state index in [2.05, 4.69) is 28.3 Å². The Balaban J connectivity index is 1.45. The number of aromatic nitrogens is 2. The Bertz CT molecular complexity index is 1260. The van der Waals surface area contributed by atoms with Crippen LogP contribution in [0.2, 0.25) is 0 Å². The van der Waals surface area contributed by atoms with Gasteiger partial charge in [0.05, 0.1) is 23.0 Å². The Hall–Kier alpha value is -2.77. The quantitative estimate of drug-likeness (QED) is 0.493. The molecule has 2 atom stereocenters. The van der Waals surface area contributed by atoms with E-state index >= 15 is 0 Å². The second kappa shape index (κ2) is 10.9. The molecule has 0 aliphatic carbocycles. The molecule has 3 aromatic rings. The molecule has 2 fully saturated rings. The number of pyridine rings is 1. The predicted molar refractivity (Wildman–Crippen MR) is 147 cm³/mol. The smallest absolute Gasteiger partial charge is 0.256 e. The van der Waals surface area contributed by atoms with Gasteiger partial charge in [0.25, 0.3) is 5.91 Å².